The van der Waals surface area contributed by atoms with Gasteiger partial charge in [0, 0.05) is 17.7 Å². The van der Waals surface area contributed by atoms with Gasteiger partial charge in [-0.3, -0.25) is 10.1 Å². The van der Waals surface area contributed by atoms with Gasteiger partial charge in [-0.1, -0.05) is 36.2 Å². The largest absolute Gasteiger partial charge is 0.411 e. The fourth-order valence-corrected chi connectivity index (χ4v) is 2.61. The van der Waals surface area contributed by atoms with Gasteiger partial charge in [0.05, 0.1) is 10.6 Å². The Morgan fingerprint density at radius 2 is 2.20 bits per heavy atom. The lowest BCUT2D eigenvalue weighted by molar-refractivity contribution is -0.384. The molecule has 0 saturated heterocycles. The van der Waals surface area contributed by atoms with Gasteiger partial charge in [-0.15, -0.1) is 0 Å². The third-order valence-electron chi connectivity index (χ3n) is 3.60. The van der Waals surface area contributed by atoms with Gasteiger partial charge in [-0.25, -0.2) is 0 Å². The van der Waals surface area contributed by atoms with Gasteiger partial charge < -0.3 is 5.21 Å². The number of rotatable bonds is 5. The van der Waals surface area contributed by atoms with Crippen LogP contribution in [0.3, 0.4) is 0 Å². The van der Waals surface area contributed by atoms with Crippen LogP contribution in [0.25, 0.3) is 5.57 Å². The van der Waals surface area contributed by atoms with Crippen LogP contribution in [0.15, 0.2) is 35.0 Å². The highest BCUT2D eigenvalue weighted by atomic mass is 16.6. The summed E-state index contributed by atoms with van der Waals surface area (Å²) in [6.45, 7) is 2.13. The molecular formula is C15H18N2O3. The van der Waals surface area contributed by atoms with Crippen LogP contribution < -0.4 is 0 Å². The minimum absolute atomic E-state index is 0.0639. The molecule has 0 heterocycles. The highest BCUT2D eigenvalue weighted by Gasteiger charge is 2.23. The van der Waals surface area contributed by atoms with E-state index in [0.29, 0.717) is 12.1 Å². The van der Waals surface area contributed by atoms with E-state index in [-0.39, 0.29) is 5.69 Å². The van der Waals surface area contributed by atoms with Crippen molar-refractivity contribution in [2.24, 2.45) is 5.16 Å². The van der Waals surface area contributed by atoms with E-state index in [1.807, 2.05) is 6.07 Å². The molecule has 2 rings (SSSR count). The Morgan fingerprint density at radius 3 is 2.85 bits per heavy atom. The summed E-state index contributed by atoms with van der Waals surface area (Å²) in [5, 5.41) is 23.4. The van der Waals surface area contributed by atoms with Gasteiger partial charge in [0.25, 0.3) is 5.69 Å². The SMILES string of the molecule is CCCCC1=C(c2cccc([N+](=O)[O-])c2)C(=NO)CC1. The molecule has 0 bridgehead atoms. The van der Waals surface area contributed by atoms with Crippen molar-refractivity contribution in [2.75, 3.05) is 0 Å². The summed E-state index contributed by atoms with van der Waals surface area (Å²) in [7, 11) is 0. The Labute approximate surface area is 117 Å². The molecule has 0 spiro atoms. The van der Waals surface area contributed by atoms with Crippen molar-refractivity contribution in [3.8, 4) is 0 Å². The van der Waals surface area contributed by atoms with E-state index in [0.717, 1.165) is 36.8 Å². The van der Waals surface area contributed by atoms with Crippen molar-refractivity contribution in [2.45, 2.75) is 39.0 Å². The molecule has 1 aromatic rings. The van der Waals surface area contributed by atoms with Gasteiger partial charge in [0.2, 0.25) is 0 Å². The van der Waals surface area contributed by atoms with Crippen LogP contribution >= 0.6 is 0 Å². The molecule has 5 nitrogen and oxygen atoms in total. The van der Waals surface area contributed by atoms with Crippen molar-refractivity contribution in [3.63, 3.8) is 0 Å². The van der Waals surface area contributed by atoms with Crippen molar-refractivity contribution >= 4 is 17.0 Å². The zero-order chi connectivity index (χ0) is 14.5. The molecule has 20 heavy (non-hydrogen) atoms. The van der Waals surface area contributed by atoms with Crippen LogP contribution in [0.1, 0.15) is 44.6 Å². The summed E-state index contributed by atoms with van der Waals surface area (Å²) in [4.78, 5) is 10.5. The molecular weight excluding hydrogens is 256 g/mol. The summed E-state index contributed by atoms with van der Waals surface area (Å²) in [5.41, 5.74) is 3.60. The van der Waals surface area contributed by atoms with Crippen LogP contribution in [0.4, 0.5) is 5.69 Å². The Bertz CT molecular complexity index is 576. The lowest BCUT2D eigenvalue weighted by atomic mass is 9.97. The third-order valence-corrected chi connectivity index (χ3v) is 3.60. The number of nitrogens with zero attached hydrogens (tertiary/aromatic N) is 2. The van der Waals surface area contributed by atoms with E-state index in [9.17, 15) is 10.1 Å². The average molecular weight is 274 g/mol. The molecule has 1 N–H and O–H groups in total. The minimum atomic E-state index is -0.402. The number of allylic oxidation sites excluding steroid dienone is 2. The van der Waals surface area contributed by atoms with Crippen LogP contribution in [0.5, 0.6) is 0 Å². The first-order valence-corrected chi connectivity index (χ1v) is 6.85. The summed E-state index contributed by atoms with van der Waals surface area (Å²) in [6.07, 6.45) is 4.70. The molecule has 0 saturated carbocycles. The maximum absolute atomic E-state index is 10.9. The highest BCUT2D eigenvalue weighted by Crippen LogP contribution is 2.35. The smallest absolute Gasteiger partial charge is 0.270 e. The van der Waals surface area contributed by atoms with Gasteiger partial charge in [0.15, 0.2) is 0 Å². The Hall–Kier alpha value is -2.17. The summed E-state index contributed by atoms with van der Waals surface area (Å²) >= 11 is 0. The fraction of sp³-hybridized carbons (Fsp3) is 0.400. The first-order valence-electron chi connectivity index (χ1n) is 6.85. The number of oxime groups is 1. The van der Waals surface area contributed by atoms with Crippen molar-refractivity contribution in [1.82, 2.24) is 0 Å². The topological polar surface area (TPSA) is 75.7 Å². The predicted molar refractivity (Wildman–Crippen MR) is 78.0 cm³/mol. The zero-order valence-electron chi connectivity index (χ0n) is 11.5. The normalized spacial score (nSPS) is 16.9. The molecule has 0 atom stereocenters. The molecule has 0 fully saturated rings. The Kier molecular flexibility index (Phi) is 4.50. The number of hydrogen-bond donors (Lipinski definition) is 1. The Balaban J connectivity index is 2.44. The molecule has 1 aromatic carbocycles. The van der Waals surface area contributed by atoms with Crippen molar-refractivity contribution in [3.05, 3.63) is 45.5 Å². The molecule has 0 aromatic heterocycles. The number of nitro benzene ring substituents is 1. The molecule has 1 aliphatic rings. The predicted octanol–water partition coefficient (Wildman–Crippen LogP) is 4.16. The molecule has 0 radical (unpaired) electrons. The number of unbranched alkanes of at least 4 members (excludes halogenated alkanes) is 1. The van der Waals surface area contributed by atoms with Crippen LogP contribution in [-0.2, 0) is 0 Å². The number of benzene rings is 1. The summed E-state index contributed by atoms with van der Waals surface area (Å²) in [6, 6.07) is 6.54. The monoisotopic (exact) mass is 274 g/mol. The summed E-state index contributed by atoms with van der Waals surface area (Å²) < 4.78 is 0. The molecule has 0 amide bonds. The maximum atomic E-state index is 10.9. The van der Waals surface area contributed by atoms with Crippen LogP contribution in [0, 0.1) is 10.1 Å². The molecule has 1 aliphatic carbocycles. The fourth-order valence-electron chi connectivity index (χ4n) is 2.61. The average Bonchev–Trinajstić information content (AvgIpc) is 2.88. The lowest BCUT2D eigenvalue weighted by Crippen LogP contribution is -1.98. The number of non-ortho nitro benzene ring substituents is 1. The molecule has 0 aliphatic heterocycles. The molecule has 0 unspecified atom stereocenters. The number of nitro groups is 1. The van der Waals surface area contributed by atoms with Crippen LogP contribution in [0.2, 0.25) is 0 Å². The number of hydrogen-bond acceptors (Lipinski definition) is 4. The van der Waals surface area contributed by atoms with E-state index >= 15 is 0 Å². The van der Waals surface area contributed by atoms with Gasteiger partial charge in [-0.05, 0) is 31.2 Å². The van der Waals surface area contributed by atoms with E-state index in [1.54, 1.807) is 12.1 Å². The Morgan fingerprint density at radius 1 is 1.40 bits per heavy atom. The first-order chi connectivity index (χ1) is 9.67. The van der Waals surface area contributed by atoms with E-state index in [2.05, 4.69) is 12.1 Å². The van der Waals surface area contributed by atoms with Crippen molar-refractivity contribution < 1.29 is 10.1 Å². The van der Waals surface area contributed by atoms with Gasteiger partial charge >= 0.3 is 0 Å². The maximum Gasteiger partial charge on any atom is 0.270 e. The zero-order valence-corrected chi connectivity index (χ0v) is 11.5. The van der Waals surface area contributed by atoms with Crippen molar-refractivity contribution in [1.29, 1.82) is 0 Å². The second-order valence-electron chi connectivity index (χ2n) is 4.94. The van der Waals surface area contributed by atoms with E-state index in [1.165, 1.54) is 11.6 Å². The first kappa shape index (κ1) is 14.2. The standard InChI is InChI=1S/C15H18N2O3/c1-2-3-5-11-8-9-14(16-18)15(11)12-6-4-7-13(10-12)17(19)20/h4,6-7,10,18H,2-3,5,8-9H2,1H3. The van der Waals surface area contributed by atoms with Crippen LogP contribution in [-0.4, -0.2) is 15.8 Å². The summed E-state index contributed by atoms with van der Waals surface area (Å²) in [5.74, 6) is 0. The van der Waals surface area contributed by atoms with Gasteiger partial charge in [-0.2, -0.15) is 0 Å². The molecule has 106 valence electrons. The second-order valence-corrected chi connectivity index (χ2v) is 4.94. The minimum Gasteiger partial charge on any atom is -0.411 e. The molecule has 5 heteroatoms. The third kappa shape index (κ3) is 2.87. The second kappa shape index (κ2) is 6.32. The quantitative estimate of drug-likeness (QED) is 0.497. The lowest BCUT2D eigenvalue weighted by Gasteiger charge is -2.07. The van der Waals surface area contributed by atoms with E-state index in [4.69, 9.17) is 5.21 Å². The van der Waals surface area contributed by atoms with Gasteiger partial charge in [0.1, 0.15) is 0 Å². The van der Waals surface area contributed by atoms with E-state index < -0.39 is 4.92 Å². The highest BCUT2D eigenvalue weighted by molar-refractivity contribution is 6.26.